The quantitative estimate of drug-likeness (QED) is 0.682. The lowest BCUT2D eigenvalue weighted by Gasteiger charge is -2.63. The van der Waals surface area contributed by atoms with Gasteiger partial charge in [-0.15, -0.1) is 0 Å². The van der Waals surface area contributed by atoms with Gasteiger partial charge < -0.3 is 4.42 Å². The number of carbonyl (C=O) groups is 1. The van der Waals surface area contributed by atoms with Gasteiger partial charge in [-0.2, -0.15) is 0 Å². The van der Waals surface area contributed by atoms with E-state index in [-0.39, 0.29) is 10.8 Å². The topological polar surface area (TPSA) is 30.2 Å². The van der Waals surface area contributed by atoms with E-state index in [0.717, 1.165) is 19.3 Å². The van der Waals surface area contributed by atoms with Crippen molar-refractivity contribution in [1.29, 1.82) is 0 Å². The van der Waals surface area contributed by atoms with Gasteiger partial charge in [0.15, 0.2) is 0 Å². The number of fused-ring (bicyclic) bond motifs is 5. The first-order chi connectivity index (χ1) is 10.3. The molecule has 0 spiro atoms. The van der Waals surface area contributed by atoms with Crippen LogP contribution >= 0.6 is 0 Å². The summed E-state index contributed by atoms with van der Waals surface area (Å²) >= 11 is 0. The molecule has 120 valence electrons. The fraction of sp³-hybridized carbons (Fsp3) is 0.750. The second-order valence-electron chi connectivity index (χ2n) is 9.06. The van der Waals surface area contributed by atoms with Gasteiger partial charge in [0.05, 0.1) is 12.5 Å². The molecule has 3 aliphatic carbocycles. The lowest BCUT2D eigenvalue weighted by atomic mass is 9.40. The van der Waals surface area contributed by atoms with Gasteiger partial charge in [-0.3, -0.25) is 4.79 Å². The summed E-state index contributed by atoms with van der Waals surface area (Å²) in [6.07, 6.45) is 10.6. The number of hydrogen-bond acceptors (Lipinski definition) is 2. The molecule has 0 N–H and O–H groups in total. The first kappa shape index (κ1) is 14.5. The molecule has 2 saturated carbocycles. The lowest BCUT2D eigenvalue weighted by Crippen LogP contribution is -2.59. The Morgan fingerprint density at radius 2 is 1.77 bits per heavy atom. The predicted molar refractivity (Wildman–Crippen MR) is 86.7 cm³/mol. The van der Waals surface area contributed by atoms with Crippen molar-refractivity contribution >= 4 is 5.78 Å². The van der Waals surface area contributed by atoms with E-state index in [1.54, 1.807) is 0 Å². The number of hydrogen-bond donors (Lipinski definition) is 0. The molecule has 1 aromatic heterocycles. The van der Waals surface area contributed by atoms with E-state index in [1.165, 1.54) is 30.4 Å². The van der Waals surface area contributed by atoms with Crippen LogP contribution in [0.3, 0.4) is 0 Å². The molecule has 22 heavy (non-hydrogen) atoms. The van der Waals surface area contributed by atoms with Crippen LogP contribution in [0.4, 0.5) is 0 Å². The number of rotatable bonds is 0. The first-order valence-corrected chi connectivity index (χ1v) is 8.89. The zero-order valence-corrected chi connectivity index (χ0v) is 14.4. The summed E-state index contributed by atoms with van der Waals surface area (Å²) in [5.41, 5.74) is 3.26. The summed E-state index contributed by atoms with van der Waals surface area (Å²) in [6, 6.07) is 0. The van der Waals surface area contributed by atoms with E-state index >= 15 is 0 Å². The third-order valence-electron chi connectivity index (χ3n) is 7.85. The number of furan rings is 1. The van der Waals surface area contributed by atoms with Gasteiger partial charge in [-0.05, 0) is 65.9 Å². The van der Waals surface area contributed by atoms with Crippen LogP contribution < -0.4 is 0 Å². The molecule has 0 saturated heterocycles. The van der Waals surface area contributed by atoms with Crippen LogP contribution in [0.15, 0.2) is 16.9 Å². The number of carbonyl (C=O) groups excluding carboxylic acids is 1. The third kappa shape index (κ3) is 1.59. The maximum Gasteiger partial charge on any atom is 0.138 e. The average Bonchev–Trinajstić information content (AvgIpc) is 2.93. The standard InChI is InChI=1S/C20H28O2/c1-18(2)15-7-9-19(3)14-12-22-11-13(14)5-6-16(19)20(15,4)10-8-17(18)21/h11-12,15-16H,5-10H2,1-4H3/t15-,16-,19-,20-/m0/s1. The van der Waals surface area contributed by atoms with Crippen molar-refractivity contribution in [3.8, 4) is 0 Å². The molecular formula is C20H28O2. The molecule has 0 amide bonds. The number of aryl methyl sites for hydroxylation is 1. The molecule has 1 heterocycles. The van der Waals surface area contributed by atoms with E-state index < -0.39 is 0 Å². The molecule has 1 aromatic rings. The van der Waals surface area contributed by atoms with E-state index in [2.05, 4.69) is 27.7 Å². The Labute approximate surface area is 133 Å². The third-order valence-corrected chi connectivity index (χ3v) is 7.85. The number of ketones is 1. The average molecular weight is 300 g/mol. The smallest absolute Gasteiger partial charge is 0.138 e. The zero-order valence-electron chi connectivity index (χ0n) is 14.4. The Morgan fingerprint density at radius 1 is 1.00 bits per heavy atom. The van der Waals surface area contributed by atoms with Gasteiger partial charge >= 0.3 is 0 Å². The second kappa shape index (κ2) is 4.27. The van der Waals surface area contributed by atoms with Crippen LogP contribution in [0.5, 0.6) is 0 Å². The van der Waals surface area contributed by atoms with Gasteiger partial charge in [-0.1, -0.05) is 27.7 Å². The molecule has 4 rings (SSSR count). The van der Waals surface area contributed by atoms with Crippen molar-refractivity contribution in [2.24, 2.45) is 22.7 Å². The van der Waals surface area contributed by atoms with E-state index in [9.17, 15) is 4.79 Å². The van der Waals surface area contributed by atoms with Crippen LogP contribution in [0.25, 0.3) is 0 Å². The molecule has 2 fully saturated rings. The number of Topliss-reactive ketones (excluding diaryl/α,β-unsaturated/α-hetero) is 1. The summed E-state index contributed by atoms with van der Waals surface area (Å²) in [5.74, 6) is 1.70. The van der Waals surface area contributed by atoms with Crippen LogP contribution in [-0.2, 0) is 16.6 Å². The Balaban J connectivity index is 1.81. The minimum absolute atomic E-state index is 0.148. The monoisotopic (exact) mass is 300 g/mol. The van der Waals surface area contributed by atoms with Crippen LogP contribution in [-0.4, -0.2) is 5.78 Å². The van der Waals surface area contributed by atoms with Gasteiger partial charge in [0.2, 0.25) is 0 Å². The van der Waals surface area contributed by atoms with Crippen molar-refractivity contribution < 1.29 is 9.21 Å². The minimum atomic E-state index is -0.148. The van der Waals surface area contributed by atoms with Crippen molar-refractivity contribution in [2.75, 3.05) is 0 Å². The van der Waals surface area contributed by atoms with E-state index in [0.29, 0.717) is 23.0 Å². The van der Waals surface area contributed by atoms with Gasteiger partial charge in [-0.25, -0.2) is 0 Å². The highest BCUT2D eigenvalue weighted by atomic mass is 16.3. The highest BCUT2D eigenvalue weighted by Gasteiger charge is 2.61. The van der Waals surface area contributed by atoms with E-state index in [1.807, 2.05) is 12.5 Å². The van der Waals surface area contributed by atoms with Gasteiger partial charge in [0.25, 0.3) is 0 Å². The van der Waals surface area contributed by atoms with Gasteiger partial charge in [0, 0.05) is 11.8 Å². The van der Waals surface area contributed by atoms with Crippen molar-refractivity contribution in [3.05, 3.63) is 23.7 Å². The summed E-state index contributed by atoms with van der Waals surface area (Å²) in [6.45, 7) is 9.34. The molecule has 2 nitrogen and oxygen atoms in total. The summed E-state index contributed by atoms with van der Waals surface area (Å²) in [5, 5.41) is 0. The lowest BCUT2D eigenvalue weighted by molar-refractivity contribution is -0.154. The largest absolute Gasteiger partial charge is 0.472 e. The molecule has 0 unspecified atom stereocenters. The van der Waals surface area contributed by atoms with Crippen LogP contribution in [0.2, 0.25) is 0 Å². The zero-order chi connectivity index (χ0) is 15.8. The fourth-order valence-corrected chi connectivity index (χ4v) is 6.64. The fourth-order valence-electron chi connectivity index (χ4n) is 6.64. The van der Waals surface area contributed by atoms with E-state index in [4.69, 9.17) is 4.42 Å². The van der Waals surface area contributed by atoms with Crippen LogP contribution in [0, 0.1) is 22.7 Å². The maximum absolute atomic E-state index is 12.5. The van der Waals surface area contributed by atoms with Crippen molar-refractivity contribution in [3.63, 3.8) is 0 Å². The van der Waals surface area contributed by atoms with Crippen molar-refractivity contribution in [2.45, 2.75) is 71.6 Å². The Bertz CT molecular complexity index is 625. The summed E-state index contributed by atoms with van der Waals surface area (Å²) < 4.78 is 5.55. The predicted octanol–water partition coefficient (Wildman–Crippen LogP) is 4.91. The first-order valence-electron chi connectivity index (χ1n) is 8.89. The normalized spacial score (nSPS) is 43.2. The molecule has 2 heteroatoms. The molecule has 0 aromatic carbocycles. The summed E-state index contributed by atoms with van der Waals surface area (Å²) in [4.78, 5) is 12.5. The molecule has 4 atom stereocenters. The maximum atomic E-state index is 12.5. The van der Waals surface area contributed by atoms with Crippen LogP contribution in [0.1, 0.15) is 70.9 Å². The highest BCUT2D eigenvalue weighted by Crippen LogP contribution is 2.66. The minimum Gasteiger partial charge on any atom is -0.472 e. The SMILES string of the molecule is CC1(C)C(=O)CC[C@]2(C)[C@H]3CCc4cocc4[C@]3(C)CC[C@@H]12. The molecule has 0 bridgehead atoms. The molecule has 0 aliphatic heterocycles. The molecular weight excluding hydrogens is 272 g/mol. The Morgan fingerprint density at radius 3 is 2.55 bits per heavy atom. The highest BCUT2D eigenvalue weighted by molar-refractivity contribution is 5.85. The second-order valence-corrected chi connectivity index (χ2v) is 9.06. The van der Waals surface area contributed by atoms with Crippen molar-refractivity contribution in [1.82, 2.24) is 0 Å². The van der Waals surface area contributed by atoms with Gasteiger partial charge in [0.1, 0.15) is 5.78 Å². The molecule has 0 radical (unpaired) electrons. The summed E-state index contributed by atoms with van der Waals surface area (Å²) in [7, 11) is 0. The Hall–Kier alpha value is -1.05. The molecule has 3 aliphatic rings. The Kier molecular flexibility index (Phi) is 2.82.